The lowest BCUT2D eigenvalue weighted by atomic mass is 9.81. The SMILES string of the molecule is C=CCC1(c2ccccc2)CCCCCN1C(=O)OC(C)(C)C. The molecule has 1 aliphatic heterocycles. The first-order valence-electron chi connectivity index (χ1n) is 8.56. The lowest BCUT2D eigenvalue weighted by molar-refractivity contribution is -0.00443. The van der Waals surface area contributed by atoms with Crippen molar-refractivity contribution in [3.05, 3.63) is 48.6 Å². The van der Waals surface area contributed by atoms with Gasteiger partial charge in [-0.25, -0.2) is 4.79 Å². The van der Waals surface area contributed by atoms with Gasteiger partial charge in [0.2, 0.25) is 0 Å². The first-order chi connectivity index (χ1) is 10.9. The minimum absolute atomic E-state index is 0.217. The third kappa shape index (κ3) is 4.15. The Morgan fingerprint density at radius 2 is 1.96 bits per heavy atom. The molecule has 1 fully saturated rings. The summed E-state index contributed by atoms with van der Waals surface area (Å²) >= 11 is 0. The maximum Gasteiger partial charge on any atom is 0.411 e. The van der Waals surface area contributed by atoms with Crippen LogP contribution in [0.5, 0.6) is 0 Å². The van der Waals surface area contributed by atoms with Gasteiger partial charge in [0.05, 0.1) is 5.54 Å². The Balaban J connectivity index is 2.44. The van der Waals surface area contributed by atoms with Crippen molar-refractivity contribution in [3.8, 4) is 0 Å². The topological polar surface area (TPSA) is 29.5 Å². The summed E-state index contributed by atoms with van der Waals surface area (Å²) in [5.41, 5.74) is 0.342. The van der Waals surface area contributed by atoms with Gasteiger partial charge < -0.3 is 4.74 Å². The fourth-order valence-corrected chi connectivity index (χ4v) is 3.41. The normalized spacial score (nSPS) is 22.3. The van der Waals surface area contributed by atoms with Gasteiger partial charge in [-0.1, -0.05) is 49.2 Å². The Labute approximate surface area is 140 Å². The van der Waals surface area contributed by atoms with Crippen LogP contribution in [0.3, 0.4) is 0 Å². The van der Waals surface area contributed by atoms with E-state index >= 15 is 0 Å². The molecule has 3 nitrogen and oxygen atoms in total. The van der Waals surface area contributed by atoms with Crippen molar-refractivity contribution < 1.29 is 9.53 Å². The van der Waals surface area contributed by atoms with Crippen LogP contribution in [0.25, 0.3) is 0 Å². The molecule has 1 aliphatic rings. The standard InChI is InChI=1S/C20H29NO2/c1-5-14-20(17-12-8-6-9-13-17)15-10-7-11-16-21(20)18(22)23-19(2,3)4/h5-6,8-9,12-13H,1,7,10-11,14-16H2,2-4H3. The van der Waals surface area contributed by atoms with Crippen LogP contribution in [-0.2, 0) is 10.3 Å². The average molecular weight is 315 g/mol. The molecule has 1 atom stereocenters. The van der Waals surface area contributed by atoms with Crippen LogP contribution in [0.4, 0.5) is 4.79 Å². The van der Waals surface area contributed by atoms with Gasteiger partial charge >= 0.3 is 6.09 Å². The second-order valence-electron chi connectivity index (χ2n) is 7.33. The number of benzene rings is 1. The summed E-state index contributed by atoms with van der Waals surface area (Å²) in [6.45, 7) is 10.4. The van der Waals surface area contributed by atoms with Crippen LogP contribution >= 0.6 is 0 Å². The van der Waals surface area contributed by atoms with Gasteiger partial charge in [0.1, 0.15) is 5.60 Å². The Morgan fingerprint density at radius 1 is 1.26 bits per heavy atom. The Hall–Kier alpha value is -1.77. The fraction of sp³-hybridized carbons (Fsp3) is 0.550. The molecule has 1 aromatic rings. The number of carbonyl (C=O) groups excluding carboxylic acids is 1. The number of nitrogens with zero attached hydrogens (tertiary/aromatic N) is 1. The molecule has 1 saturated heterocycles. The molecule has 23 heavy (non-hydrogen) atoms. The van der Waals surface area contributed by atoms with Crippen molar-refractivity contribution in [1.29, 1.82) is 0 Å². The smallest absolute Gasteiger partial charge is 0.411 e. The molecule has 0 aliphatic carbocycles. The van der Waals surface area contributed by atoms with Crippen molar-refractivity contribution in [2.45, 2.75) is 64.0 Å². The van der Waals surface area contributed by atoms with Crippen molar-refractivity contribution in [2.24, 2.45) is 0 Å². The van der Waals surface area contributed by atoms with Crippen LogP contribution in [0.2, 0.25) is 0 Å². The van der Waals surface area contributed by atoms with E-state index in [4.69, 9.17) is 4.74 Å². The number of amides is 1. The van der Waals surface area contributed by atoms with Crippen LogP contribution in [-0.4, -0.2) is 23.1 Å². The molecule has 0 N–H and O–H groups in total. The van der Waals surface area contributed by atoms with Crippen molar-refractivity contribution in [2.75, 3.05) is 6.54 Å². The average Bonchev–Trinajstić information content (AvgIpc) is 2.70. The maximum atomic E-state index is 12.9. The molecule has 1 aromatic carbocycles. The summed E-state index contributed by atoms with van der Waals surface area (Å²) in [5.74, 6) is 0. The first kappa shape index (κ1) is 17.6. The quantitative estimate of drug-likeness (QED) is 0.711. The largest absolute Gasteiger partial charge is 0.444 e. The number of likely N-dealkylation sites (tertiary alicyclic amines) is 1. The number of hydrogen-bond acceptors (Lipinski definition) is 2. The summed E-state index contributed by atoms with van der Waals surface area (Å²) < 4.78 is 5.71. The second-order valence-corrected chi connectivity index (χ2v) is 7.33. The molecular weight excluding hydrogens is 286 g/mol. The van der Waals surface area contributed by atoms with Gasteiger partial charge in [-0.05, 0) is 45.6 Å². The molecular formula is C20H29NO2. The zero-order chi connectivity index (χ0) is 16.9. The number of hydrogen-bond donors (Lipinski definition) is 0. The molecule has 0 radical (unpaired) electrons. The van der Waals surface area contributed by atoms with Crippen LogP contribution in [0.1, 0.15) is 58.4 Å². The molecule has 2 rings (SSSR count). The highest BCUT2D eigenvalue weighted by molar-refractivity contribution is 5.70. The van der Waals surface area contributed by atoms with Crippen molar-refractivity contribution in [1.82, 2.24) is 4.90 Å². The maximum absolute atomic E-state index is 12.9. The molecule has 0 bridgehead atoms. The zero-order valence-electron chi connectivity index (χ0n) is 14.7. The van der Waals surface area contributed by atoms with Gasteiger partial charge in [0.15, 0.2) is 0 Å². The lowest BCUT2D eigenvalue weighted by Gasteiger charge is -2.43. The van der Waals surface area contributed by atoms with Crippen LogP contribution in [0, 0.1) is 0 Å². The molecule has 0 aromatic heterocycles. The van der Waals surface area contributed by atoms with Gasteiger partial charge in [0, 0.05) is 6.54 Å². The van der Waals surface area contributed by atoms with Gasteiger partial charge in [-0.15, -0.1) is 6.58 Å². The van der Waals surface area contributed by atoms with Gasteiger partial charge in [0.25, 0.3) is 0 Å². The molecule has 0 spiro atoms. The molecule has 3 heteroatoms. The number of ether oxygens (including phenoxy) is 1. The van der Waals surface area contributed by atoms with Crippen molar-refractivity contribution in [3.63, 3.8) is 0 Å². The highest BCUT2D eigenvalue weighted by Gasteiger charge is 2.42. The molecule has 1 heterocycles. The Kier molecular flexibility index (Phi) is 5.51. The lowest BCUT2D eigenvalue weighted by Crippen LogP contribution is -2.50. The zero-order valence-corrected chi connectivity index (χ0v) is 14.7. The highest BCUT2D eigenvalue weighted by atomic mass is 16.6. The van der Waals surface area contributed by atoms with Gasteiger partial charge in [-0.3, -0.25) is 4.90 Å². The third-order valence-electron chi connectivity index (χ3n) is 4.40. The van der Waals surface area contributed by atoms with Crippen LogP contribution < -0.4 is 0 Å². The molecule has 126 valence electrons. The predicted molar refractivity (Wildman–Crippen MR) is 94.3 cm³/mol. The summed E-state index contributed by atoms with van der Waals surface area (Å²) in [5, 5.41) is 0. The summed E-state index contributed by atoms with van der Waals surface area (Å²) in [7, 11) is 0. The van der Waals surface area contributed by atoms with E-state index in [-0.39, 0.29) is 11.6 Å². The van der Waals surface area contributed by atoms with E-state index in [1.807, 2.05) is 49.9 Å². The number of carbonyl (C=O) groups is 1. The van der Waals surface area contributed by atoms with E-state index in [0.29, 0.717) is 0 Å². The molecule has 1 amide bonds. The predicted octanol–water partition coefficient (Wildman–Crippen LogP) is 5.27. The summed E-state index contributed by atoms with van der Waals surface area (Å²) in [4.78, 5) is 14.8. The van der Waals surface area contributed by atoms with E-state index in [2.05, 4.69) is 18.7 Å². The van der Waals surface area contributed by atoms with E-state index in [9.17, 15) is 4.79 Å². The minimum Gasteiger partial charge on any atom is -0.444 e. The second kappa shape index (κ2) is 7.20. The minimum atomic E-state index is -0.486. The van der Waals surface area contributed by atoms with Gasteiger partial charge in [-0.2, -0.15) is 0 Å². The monoisotopic (exact) mass is 315 g/mol. The summed E-state index contributed by atoms with van der Waals surface area (Å²) in [6, 6.07) is 10.3. The molecule has 1 unspecified atom stereocenters. The van der Waals surface area contributed by atoms with E-state index in [0.717, 1.165) is 38.6 Å². The van der Waals surface area contributed by atoms with E-state index in [1.54, 1.807) is 0 Å². The first-order valence-corrected chi connectivity index (χ1v) is 8.56. The van der Waals surface area contributed by atoms with Crippen molar-refractivity contribution >= 4 is 6.09 Å². The number of rotatable bonds is 3. The Bertz CT molecular complexity index is 532. The summed E-state index contributed by atoms with van der Waals surface area (Å²) in [6.07, 6.45) is 6.68. The third-order valence-corrected chi connectivity index (χ3v) is 4.40. The van der Waals surface area contributed by atoms with Crippen LogP contribution in [0.15, 0.2) is 43.0 Å². The van der Waals surface area contributed by atoms with E-state index in [1.165, 1.54) is 5.56 Å². The molecule has 0 saturated carbocycles. The van der Waals surface area contributed by atoms with E-state index < -0.39 is 5.60 Å². The Morgan fingerprint density at radius 3 is 2.57 bits per heavy atom. The highest BCUT2D eigenvalue weighted by Crippen LogP contribution is 2.40. The fourth-order valence-electron chi connectivity index (χ4n) is 3.41.